The lowest BCUT2D eigenvalue weighted by Crippen LogP contribution is -2.51. The Morgan fingerprint density at radius 3 is 1.47 bits per heavy atom. The van der Waals surface area contributed by atoms with Gasteiger partial charge in [-0.3, -0.25) is 0 Å². The van der Waals surface area contributed by atoms with Crippen LogP contribution in [-0.2, 0) is 46.3 Å². The highest BCUT2D eigenvalue weighted by molar-refractivity contribution is 6.82. The maximum atomic E-state index is 5.99. The average molecular weight is 769 g/mol. The summed E-state index contributed by atoms with van der Waals surface area (Å²) in [6.07, 6.45) is 2.87. The summed E-state index contributed by atoms with van der Waals surface area (Å²) in [7, 11) is 4.35. The lowest BCUT2D eigenvalue weighted by atomic mass is 10.0. The molecular weight excluding hydrogens is 701 g/mol. The molecule has 0 aromatic heterocycles. The lowest BCUT2D eigenvalue weighted by molar-refractivity contribution is 0.114. The van der Waals surface area contributed by atoms with E-state index in [2.05, 4.69) is 55.9 Å². The van der Waals surface area contributed by atoms with Crippen LogP contribution < -0.4 is 21.0 Å². The highest BCUT2D eigenvalue weighted by Crippen LogP contribution is 2.31. The third-order valence-electron chi connectivity index (χ3n) is 9.36. The first-order valence-corrected chi connectivity index (χ1v) is 30.2. The van der Waals surface area contributed by atoms with E-state index in [0.717, 1.165) is 44.4 Å². The summed E-state index contributed by atoms with van der Waals surface area (Å²) in [5.74, 6) is 0.274. The molecule has 1 atom stereocenters. The van der Waals surface area contributed by atoms with Crippen LogP contribution in [-0.4, -0.2) is 136 Å². The Hall–Kier alpha value is 0.0813. The maximum Gasteiger partial charge on any atom is 0.507 e. The molecule has 1 rings (SSSR count). The normalized spacial score (nSPS) is 14.1. The number of hydrogen-bond donors (Lipinski definition) is 2. The summed E-state index contributed by atoms with van der Waals surface area (Å²) in [6, 6.07) is 7.46. The van der Waals surface area contributed by atoms with Crippen LogP contribution in [0.2, 0.25) is 44.3 Å². The van der Waals surface area contributed by atoms with Gasteiger partial charge in [-0.25, -0.2) is 0 Å². The summed E-state index contributed by atoms with van der Waals surface area (Å²) < 4.78 is 51.8. The highest BCUT2D eigenvalue weighted by Gasteiger charge is 2.46. The first kappa shape index (κ1) is 45.1. The van der Waals surface area contributed by atoms with Crippen LogP contribution in [0.1, 0.15) is 36.4 Å². The van der Waals surface area contributed by atoms with Gasteiger partial charge >= 0.3 is 26.4 Å². The molecule has 0 bridgehead atoms. The molecule has 0 saturated heterocycles. The Bertz CT molecular complexity index is 950. The van der Waals surface area contributed by atoms with Gasteiger partial charge in [0.2, 0.25) is 0 Å². The lowest BCUT2D eigenvalue weighted by Gasteiger charge is -2.33. The van der Waals surface area contributed by atoms with Gasteiger partial charge < -0.3 is 50.5 Å². The van der Waals surface area contributed by atoms with E-state index < -0.39 is 53.5 Å². The quantitative estimate of drug-likeness (QED) is 0.0777. The molecule has 0 saturated carbocycles. The number of hydrogen-bond acceptors (Lipinski definition) is 11. The monoisotopic (exact) mass is 768 g/mol. The second kappa shape index (κ2) is 22.8. The van der Waals surface area contributed by atoms with Gasteiger partial charge in [-0.2, -0.15) is 0 Å². The third kappa shape index (κ3) is 12.7. The summed E-state index contributed by atoms with van der Waals surface area (Å²) >= 11 is 0. The van der Waals surface area contributed by atoms with Crippen LogP contribution in [0.4, 0.5) is 0 Å². The van der Waals surface area contributed by atoms with Crippen LogP contribution in [0, 0.1) is 0 Å². The number of rotatable bonds is 27. The Balaban J connectivity index is 3.27. The largest absolute Gasteiger partial charge is 0.507 e. The van der Waals surface area contributed by atoms with Gasteiger partial charge in [0.25, 0.3) is 0 Å². The molecule has 276 valence electrons. The van der Waals surface area contributed by atoms with E-state index >= 15 is 0 Å². The summed E-state index contributed by atoms with van der Waals surface area (Å²) in [6.45, 7) is 13.8. The minimum Gasteiger partial charge on any atom is -0.377 e. The van der Waals surface area contributed by atoms with Crippen molar-refractivity contribution in [3.8, 4) is 0 Å². The van der Waals surface area contributed by atoms with Crippen molar-refractivity contribution < 1.29 is 39.8 Å². The Morgan fingerprint density at radius 1 is 0.660 bits per heavy atom. The van der Waals surface area contributed by atoms with Crippen molar-refractivity contribution in [3.63, 3.8) is 0 Å². The van der Waals surface area contributed by atoms with Gasteiger partial charge in [0, 0.05) is 81.9 Å². The van der Waals surface area contributed by atoms with E-state index in [1.807, 2.05) is 0 Å². The van der Waals surface area contributed by atoms with Crippen molar-refractivity contribution in [2.45, 2.75) is 81.8 Å². The predicted octanol–water partition coefficient (Wildman–Crippen LogP) is 1.72. The van der Waals surface area contributed by atoms with Gasteiger partial charge in [-0.15, -0.1) is 0 Å². The van der Waals surface area contributed by atoms with Crippen molar-refractivity contribution in [1.82, 2.24) is 10.6 Å². The first-order chi connectivity index (χ1) is 22.4. The van der Waals surface area contributed by atoms with Crippen LogP contribution in [0.5, 0.6) is 0 Å². The van der Waals surface area contributed by atoms with Crippen LogP contribution >= 0.6 is 0 Å². The Kier molecular flexibility index (Phi) is 21.9. The molecule has 2 N–H and O–H groups in total. The van der Waals surface area contributed by atoms with E-state index in [1.165, 1.54) is 17.2 Å². The molecule has 1 aromatic rings. The van der Waals surface area contributed by atoms with Crippen molar-refractivity contribution in [3.05, 3.63) is 23.3 Å². The van der Waals surface area contributed by atoms with Crippen molar-refractivity contribution in [2.75, 3.05) is 77.1 Å². The zero-order valence-electron chi connectivity index (χ0n) is 32.0. The predicted molar refractivity (Wildman–Crippen MR) is 208 cm³/mol. The molecule has 0 radical (unpaired) electrons. The fraction of sp³-hybridized carbons (Fsp3) is 0.800. The topological polar surface area (TPSA) is 107 Å². The first-order valence-electron chi connectivity index (χ1n) is 17.0. The van der Waals surface area contributed by atoms with E-state index in [1.54, 1.807) is 74.4 Å². The molecule has 0 fully saturated rings. The average Bonchev–Trinajstić information content (AvgIpc) is 3.09. The zero-order chi connectivity index (χ0) is 35.7. The molecule has 0 aliphatic heterocycles. The molecular formula is C30H68N2O9Si6. The molecule has 0 aliphatic carbocycles. The molecule has 1 unspecified atom stereocenters. The third-order valence-corrected chi connectivity index (χ3v) is 23.9. The molecule has 47 heavy (non-hydrogen) atoms. The molecule has 11 nitrogen and oxygen atoms in total. The fourth-order valence-electron chi connectivity index (χ4n) is 6.57. The van der Waals surface area contributed by atoms with Crippen LogP contribution in [0.25, 0.3) is 0 Å². The van der Waals surface area contributed by atoms with Gasteiger partial charge in [0.1, 0.15) is 0 Å². The smallest absolute Gasteiger partial charge is 0.377 e. The van der Waals surface area contributed by atoms with Gasteiger partial charge in [-0.1, -0.05) is 61.7 Å². The molecule has 1 aromatic carbocycles. The Labute approximate surface area is 295 Å². The van der Waals surface area contributed by atoms with Gasteiger partial charge in [-0.05, 0) is 43.5 Å². The van der Waals surface area contributed by atoms with Gasteiger partial charge in [0.05, 0.1) is 32.7 Å². The van der Waals surface area contributed by atoms with Crippen molar-refractivity contribution in [1.29, 1.82) is 0 Å². The van der Waals surface area contributed by atoms with E-state index in [9.17, 15) is 0 Å². The zero-order valence-corrected chi connectivity index (χ0v) is 38.7. The minimum atomic E-state index is -2.89. The number of benzene rings is 1. The molecule has 0 heterocycles. The van der Waals surface area contributed by atoms with Crippen molar-refractivity contribution in [2.24, 2.45) is 0 Å². The molecule has 17 heteroatoms. The fourth-order valence-corrected chi connectivity index (χ4v) is 19.1. The maximum absolute atomic E-state index is 5.99. The molecule has 0 spiro atoms. The van der Waals surface area contributed by atoms with Crippen LogP contribution in [0.15, 0.2) is 12.1 Å². The standard InChI is InChI=1S/C30H68N2O9Si6/c1-25(47(39-8,40-9)41-10)26-17-18-28(43(11)12)29(44(13)14)27(26)19-22-42-30(31-20-15-23-45(33-2,34-3)35-4)32-21-16-24-46(36-5,37-6)38-7/h17-18,25,30-32,43-44H,15-16,19-24,42H2,1-14H3. The van der Waals surface area contributed by atoms with E-state index in [4.69, 9.17) is 39.8 Å². The number of nitrogens with one attached hydrogen (secondary N) is 2. The van der Waals surface area contributed by atoms with E-state index in [0.29, 0.717) is 0 Å². The minimum absolute atomic E-state index is 0.0409. The molecule has 0 amide bonds. The molecule has 0 aliphatic rings. The SMILES string of the molecule is CO[Si](CCCNC(NCCC[Si](OC)(OC)OC)[SiH2]CCc1c(C(C)[Si](OC)(OC)OC)ccc([SiH](C)C)c1[SiH](C)C)(OC)OC. The second-order valence-electron chi connectivity index (χ2n) is 12.5. The second-order valence-corrected chi connectivity index (χ2v) is 29.9. The Morgan fingerprint density at radius 2 is 1.11 bits per heavy atom. The van der Waals surface area contributed by atoms with Crippen LogP contribution in [0.3, 0.4) is 0 Å². The van der Waals surface area contributed by atoms with Crippen molar-refractivity contribution >= 4 is 63.9 Å². The van der Waals surface area contributed by atoms with E-state index in [-0.39, 0.29) is 11.3 Å². The highest BCUT2D eigenvalue weighted by atomic mass is 28.4. The summed E-state index contributed by atoms with van der Waals surface area (Å²) in [5, 5.41) is 10.9. The summed E-state index contributed by atoms with van der Waals surface area (Å²) in [5.41, 5.74) is 2.90. The van der Waals surface area contributed by atoms with Gasteiger partial charge in [0.15, 0.2) is 0 Å². The summed E-state index contributed by atoms with van der Waals surface area (Å²) in [4.78, 5) is 0.